The van der Waals surface area contributed by atoms with E-state index in [0.29, 0.717) is 19.4 Å². The standard InChI is InChI=1S/C39H64N2O11/c1-8-31(47-7)29(5)36-37(51-36)35(52-38(45)40-17-10-18-41-19-21-48-22-20-41)28(4)12-9-11-26(2)23-32-27(3)13-14-33(49-25-42)39(6,46)16-15-30(43)24-34(44)50-32/h9,11-14,25,27-33,35-37,43,46H,8,10,15-24H2,1-7H3,(H,40,45)/b12-9+,14-13+,26-11+. The van der Waals surface area contributed by atoms with Gasteiger partial charge < -0.3 is 44.0 Å². The van der Waals surface area contributed by atoms with Crippen LogP contribution < -0.4 is 5.32 Å². The third-order valence-corrected chi connectivity index (χ3v) is 10.5. The molecule has 13 heteroatoms. The Labute approximate surface area is 310 Å². The van der Waals surface area contributed by atoms with E-state index in [4.69, 9.17) is 28.4 Å². The van der Waals surface area contributed by atoms with Crippen LogP contribution in [0.1, 0.15) is 80.1 Å². The molecule has 52 heavy (non-hydrogen) atoms. The monoisotopic (exact) mass is 736 g/mol. The molecule has 296 valence electrons. The number of cyclic esters (lactones) is 1. The number of rotatable bonds is 17. The molecule has 3 heterocycles. The topological polar surface area (TPSA) is 166 Å². The van der Waals surface area contributed by atoms with Crippen molar-refractivity contribution in [1.82, 2.24) is 10.2 Å². The molecule has 2 saturated heterocycles. The number of carbonyl (C=O) groups is 3. The minimum absolute atomic E-state index is 0.0306. The molecule has 3 N–H and O–H groups in total. The second kappa shape index (κ2) is 21.8. The van der Waals surface area contributed by atoms with Crippen molar-refractivity contribution >= 4 is 18.5 Å². The fourth-order valence-electron chi connectivity index (χ4n) is 6.94. The van der Waals surface area contributed by atoms with Gasteiger partial charge in [-0.15, -0.1) is 0 Å². The van der Waals surface area contributed by atoms with Crippen molar-refractivity contribution in [2.45, 2.75) is 128 Å². The molecule has 1 amide bonds. The molecule has 0 bridgehead atoms. The molecule has 0 aromatic heterocycles. The second-order valence-electron chi connectivity index (χ2n) is 14.9. The van der Waals surface area contributed by atoms with Gasteiger partial charge in [-0.25, -0.2) is 4.79 Å². The first-order valence-electron chi connectivity index (χ1n) is 18.9. The average Bonchev–Trinajstić information content (AvgIpc) is 3.91. The van der Waals surface area contributed by atoms with Gasteiger partial charge in [0.05, 0.1) is 37.9 Å². The van der Waals surface area contributed by atoms with Gasteiger partial charge in [0, 0.05) is 50.9 Å². The summed E-state index contributed by atoms with van der Waals surface area (Å²) >= 11 is 0. The fraction of sp³-hybridized carbons (Fsp3) is 0.769. The highest BCUT2D eigenvalue weighted by Gasteiger charge is 2.52. The van der Waals surface area contributed by atoms with E-state index in [9.17, 15) is 24.6 Å². The number of methoxy groups -OCH3 is 1. The zero-order valence-electron chi connectivity index (χ0n) is 32.2. The largest absolute Gasteiger partial charge is 0.461 e. The lowest BCUT2D eigenvalue weighted by Crippen LogP contribution is -2.41. The summed E-state index contributed by atoms with van der Waals surface area (Å²) in [6, 6.07) is 0. The summed E-state index contributed by atoms with van der Waals surface area (Å²) in [4.78, 5) is 39.3. The summed E-state index contributed by atoms with van der Waals surface area (Å²) in [5.74, 6) is -0.881. The van der Waals surface area contributed by atoms with Crippen LogP contribution in [0.25, 0.3) is 0 Å². The van der Waals surface area contributed by atoms with E-state index in [1.165, 1.54) is 6.92 Å². The number of carbonyl (C=O) groups excluding carboxylic acids is 3. The Hall–Kier alpha value is -2.81. The lowest BCUT2D eigenvalue weighted by atomic mass is 9.89. The van der Waals surface area contributed by atoms with Crippen molar-refractivity contribution < 1.29 is 53.0 Å². The van der Waals surface area contributed by atoms with Crippen molar-refractivity contribution in [3.8, 4) is 0 Å². The van der Waals surface area contributed by atoms with Crippen LogP contribution in [0, 0.1) is 17.8 Å². The Morgan fingerprint density at radius 3 is 2.62 bits per heavy atom. The molecular formula is C39H64N2O11. The van der Waals surface area contributed by atoms with Crippen LogP contribution >= 0.6 is 0 Å². The summed E-state index contributed by atoms with van der Waals surface area (Å²) in [5, 5.41) is 24.3. The lowest BCUT2D eigenvalue weighted by molar-refractivity contribution is -0.153. The van der Waals surface area contributed by atoms with Gasteiger partial charge in [-0.1, -0.05) is 57.6 Å². The van der Waals surface area contributed by atoms with Gasteiger partial charge in [0.2, 0.25) is 0 Å². The van der Waals surface area contributed by atoms with Gasteiger partial charge in [-0.3, -0.25) is 14.5 Å². The first-order chi connectivity index (χ1) is 24.8. The van der Waals surface area contributed by atoms with Crippen LogP contribution in [0.3, 0.4) is 0 Å². The number of aliphatic hydroxyl groups is 2. The number of morpholine rings is 1. The van der Waals surface area contributed by atoms with E-state index in [1.807, 2.05) is 39.0 Å². The normalized spacial score (nSPS) is 32.3. The predicted octanol–water partition coefficient (Wildman–Crippen LogP) is 4.10. The second-order valence-corrected chi connectivity index (χ2v) is 14.9. The van der Waals surface area contributed by atoms with Gasteiger partial charge in [0.15, 0.2) is 0 Å². The highest BCUT2D eigenvalue weighted by molar-refractivity contribution is 5.70. The Balaban J connectivity index is 1.68. The molecule has 0 radical (unpaired) electrons. The Kier molecular flexibility index (Phi) is 18.3. The molecule has 0 aromatic rings. The number of epoxide rings is 1. The first kappa shape index (κ1) is 43.6. The number of amides is 1. The number of aliphatic hydroxyl groups excluding tert-OH is 1. The van der Waals surface area contributed by atoms with Crippen LogP contribution in [-0.2, 0) is 38.0 Å². The Morgan fingerprint density at radius 2 is 1.94 bits per heavy atom. The number of alkyl carbamates (subject to hydrolysis) is 1. The minimum Gasteiger partial charge on any atom is -0.461 e. The summed E-state index contributed by atoms with van der Waals surface area (Å²) in [7, 11) is 1.70. The summed E-state index contributed by atoms with van der Waals surface area (Å²) in [6.45, 7) is 16.5. The van der Waals surface area contributed by atoms with Gasteiger partial charge >= 0.3 is 12.1 Å². The molecular weight excluding hydrogens is 672 g/mol. The molecule has 3 aliphatic heterocycles. The first-order valence-corrected chi connectivity index (χ1v) is 18.9. The molecule has 3 aliphatic rings. The average molecular weight is 737 g/mol. The predicted molar refractivity (Wildman–Crippen MR) is 195 cm³/mol. The van der Waals surface area contributed by atoms with Crippen LogP contribution in [0.2, 0.25) is 0 Å². The number of esters is 1. The van der Waals surface area contributed by atoms with Crippen molar-refractivity contribution in [2.75, 3.05) is 46.5 Å². The van der Waals surface area contributed by atoms with Crippen LogP contribution in [-0.4, -0.2) is 128 Å². The summed E-state index contributed by atoms with van der Waals surface area (Å²) in [5.41, 5.74) is -0.498. The van der Waals surface area contributed by atoms with Crippen molar-refractivity contribution in [3.05, 3.63) is 36.0 Å². The number of nitrogens with one attached hydrogen (secondary N) is 1. The van der Waals surface area contributed by atoms with Gasteiger partial charge in [0.25, 0.3) is 6.47 Å². The summed E-state index contributed by atoms with van der Waals surface area (Å²) in [6.07, 6.45) is 7.47. The van der Waals surface area contributed by atoms with E-state index in [-0.39, 0.29) is 55.3 Å². The molecule has 13 nitrogen and oxygen atoms in total. The van der Waals surface area contributed by atoms with Crippen molar-refractivity contribution in [1.29, 1.82) is 0 Å². The number of allylic oxidation sites excluding steroid dienone is 2. The third kappa shape index (κ3) is 14.2. The van der Waals surface area contributed by atoms with E-state index in [2.05, 4.69) is 24.1 Å². The van der Waals surface area contributed by atoms with Gasteiger partial charge in [-0.2, -0.15) is 0 Å². The molecule has 0 spiro atoms. The maximum absolute atomic E-state index is 13.0. The highest BCUT2D eigenvalue weighted by Crippen LogP contribution is 2.39. The number of hydrogen-bond acceptors (Lipinski definition) is 12. The maximum Gasteiger partial charge on any atom is 0.407 e. The smallest absolute Gasteiger partial charge is 0.407 e. The Morgan fingerprint density at radius 1 is 1.21 bits per heavy atom. The van der Waals surface area contributed by atoms with E-state index >= 15 is 0 Å². The molecule has 2 fully saturated rings. The lowest BCUT2D eigenvalue weighted by Gasteiger charge is -2.31. The fourth-order valence-corrected chi connectivity index (χ4v) is 6.94. The zero-order chi connectivity index (χ0) is 38.3. The Bertz CT molecular complexity index is 1200. The summed E-state index contributed by atoms with van der Waals surface area (Å²) < 4.78 is 34.2. The van der Waals surface area contributed by atoms with Crippen LogP contribution in [0.4, 0.5) is 4.79 Å². The van der Waals surface area contributed by atoms with E-state index < -0.39 is 42.1 Å². The van der Waals surface area contributed by atoms with Gasteiger partial charge in [-0.05, 0) is 52.2 Å². The zero-order valence-corrected chi connectivity index (χ0v) is 32.2. The minimum atomic E-state index is -1.43. The van der Waals surface area contributed by atoms with Gasteiger partial charge in [0.1, 0.15) is 30.0 Å². The maximum atomic E-state index is 13.0. The van der Waals surface area contributed by atoms with E-state index in [0.717, 1.165) is 51.3 Å². The molecule has 3 rings (SSSR count). The molecule has 0 saturated carbocycles. The van der Waals surface area contributed by atoms with Crippen molar-refractivity contribution in [3.63, 3.8) is 0 Å². The van der Waals surface area contributed by atoms with Crippen molar-refractivity contribution in [2.24, 2.45) is 17.8 Å². The molecule has 0 aliphatic carbocycles. The number of hydrogen-bond donors (Lipinski definition) is 3. The third-order valence-electron chi connectivity index (χ3n) is 10.5. The number of ether oxygens (including phenoxy) is 6. The molecule has 11 atom stereocenters. The highest BCUT2D eigenvalue weighted by atomic mass is 16.6. The van der Waals surface area contributed by atoms with Crippen LogP contribution in [0.15, 0.2) is 36.0 Å². The number of nitrogens with zero attached hydrogens (tertiary/aromatic N) is 1. The molecule has 11 unspecified atom stereocenters. The van der Waals surface area contributed by atoms with E-state index in [1.54, 1.807) is 19.3 Å². The quantitative estimate of drug-likeness (QED) is 0.0373. The molecule has 0 aromatic carbocycles. The SMILES string of the molecule is CCC(OC)C(C)C1OC1C(OC(=O)NCCCN1CCOCC1)C(C)/C=C/C=C(\C)CC1OC(=O)CC(O)CCC(C)(O)C(OC=O)/C=C/C1C. The van der Waals surface area contributed by atoms with Crippen LogP contribution in [0.5, 0.6) is 0 Å².